The number of hydrogen-bond donors (Lipinski definition) is 2. The van der Waals surface area contributed by atoms with Crippen LogP contribution in [0.2, 0.25) is 0 Å². The average Bonchev–Trinajstić information content (AvgIpc) is 2.82. The van der Waals surface area contributed by atoms with Crippen LogP contribution in [0.4, 0.5) is 5.69 Å². The van der Waals surface area contributed by atoms with Crippen LogP contribution in [0.25, 0.3) is 0 Å². The first-order chi connectivity index (χ1) is 19.2. The number of nitro benzene ring substituents is 1. The molecule has 3 atom stereocenters. The van der Waals surface area contributed by atoms with Gasteiger partial charge in [0.15, 0.2) is 0 Å². The van der Waals surface area contributed by atoms with E-state index in [1.807, 2.05) is 0 Å². The maximum atomic E-state index is 13.9. The Labute approximate surface area is 246 Å². The van der Waals surface area contributed by atoms with Crippen LogP contribution >= 0.6 is 0 Å². The molecule has 12 heteroatoms. The zero-order chi connectivity index (χ0) is 32.2. The van der Waals surface area contributed by atoms with Gasteiger partial charge < -0.3 is 20.1 Å². The van der Waals surface area contributed by atoms with Gasteiger partial charge in [0, 0.05) is 35.0 Å². The number of nitro groups is 1. The first-order valence-corrected chi connectivity index (χ1v) is 13.8. The molecule has 0 saturated heterocycles. The summed E-state index contributed by atoms with van der Waals surface area (Å²) in [6.45, 7) is 16.5. The van der Waals surface area contributed by atoms with Crippen molar-refractivity contribution in [3.05, 3.63) is 51.2 Å². The minimum atomic E-state index is -1.10. The van der Waals surface area contributed by atoms with Crippen LogP contribution in [-0.2, 0) is 28.7 Å². The van der Waals surface area contributed by atoms with Crippen molar-refractivity contribution in [1.82, 2.24) is 10.6 Å². The number of esters is 2. The molecular formula is C30H42N4O8. The summed E-state index contributed by atoms with van der Waals surface area (Å²) < 4.78 is 10.8. The van der Waals surface area contributed by atoms with Crippen LogP contribution < -0.4 is 10.6 Å². The Hall–Kier alpha value is -4.09. The second kappa shape index (κ2) is 13.3. The smallest absolute Gasteiger partial charge is 0.329 e. The zero-order valence-corrected chi connectivity index (χ0v) is 26.0. The van der Waals surface area contributed by atoms with E-state index in [0.717, 1.165) is 0 Å². The summed E-state index contributed by atoms with van der Waals surface area (Å²) in [5, 5.41) is 16.9. The van der Waals surface area contributed by atoms with Crippen molar-refractivity contribution in [1.29, 1.82) is 0 Å². The maximum Gasteiger partial charge on any atom is 0.329 e. The van der Waals surface area contributed by atoms with Gasteiger partial charge in [0.05, 0.1) is 10.8 Å². The van der Waals surface area contributed by atoms with E-state index in [4.69, 9.17) is 9.47 Å². The van der Waals surface area contributed by atoms with Crippen molar-refractivity contribution >= 4 is 35.2 Å². The lowest BCUT2D eigenvalue weighted by molar-refractivity contribution is -0.384. The lowest BCUT2D eigenvalue weighted by atomic mass is 9.74. The fraction of sp³-hybridized carbons (Fsp3) is 0.567. The van der Waals surface area contributed by atoms with Crippen molar-refractivity contribution in [3.63, 3.8) is 0 Å². The van der Waals surface area contributed by atoms with Crippen LogP contribution in [0.1, 0.15) is 80.7 Å². The molecule has 42 heavy (non-hydrogen) atoms. The topological polar surface area (TPSA) is 166 Å². The SMILES string of the molecule is CC1=NC(C)=C(C(=O)NC(C(=O)OC(C)(C)C)C(C)C)C(c2cccc([N+](=O)[O-])c2)C1C(=O)NCC(=O)OC(C)(C)C. The number of carbonyl (C=O) groups is 4. The van der Waals surface area contributed by atoms with Crippen molar-refractivity contribution in [2.45, 2.75) is 92.4 Å². The van der Waals surface area contributed by atoms with Crippen molar-refractivity contribution in [2.24, 2.45) is 16.8 Å². The standard InChI is InChI=1S/C30H42N4O8/c1-16(2)25(28(38)42-30(8,9)10)33-27(37)23-18(4)32-17(3)22(26(36)31-15-21(35)41-29(5,6)7)24(23)19-12-11-13-20(14-19)34(39)40/h11-14,16,22,24-25H,15H2,1-10H3,(H,31,36)(H,33,37). The van der Waals surface area contributed by atoms with Gasteiger partial charge in [-0.15, -0.1) is 0 Å². The van der Waals surface area contributed by atoms with Gasteiger partial charge in [-0.2, -0.15) is 0 Å². The molecule has 2 rings (SSSR count). The number of ether oxygens (including phenoxy) is 2. The highest BCUT2D eigenvalue weighted by Gasteiger charge is 2.42. The van der Waals surface area contributed by atoms with E-state index in [9.17, 15) is 29.3 Å². The van der Waals surface area contributed by atoms with Crippen LogP contribution in [0.15, 0.2) is 40.5 Å². The van der Waals surface area contributed by atoms with Gasteiger partial charge in [-0.05, 0) is 66.9 Å². The monoisotopic (exact) mass is 586 g/mol. The van der Waals surface area contributed by atoms with E-state index < -0.39 is 64.3 Å². The van der Waals surface area contributed by atoms with E-state index in [-0.39, 0.29) is 22.9 Å². The van der Waals surface area contributed by atoms with E-state index >= 15 is 0 Å². The molecule has 0 radical (unpaired) electrons. The third-order valence-electron chi connectivity index (χ3n) is 6.24. The van der Waals surface area contributed by atoms with Crippen molar-refractivity contribution in [3.8, 4) is 0 Å². The third-order valence-corrected chi connectivity index (χ3v) is 6.24. The number of allylic oxidation sites excluding steroid dienone is 1. The van der Waals surface area contributed by atoms with Crippen LogP contribution in [0.3, 0.4) is 0 Å². The number of carbonyl (C=O) groups excluding carboxylic acids is 4. The lowest BCUT2D eigenvalue weighted by Gasteiger charge is -2.34. The molecule has 0 aliphatic carbocycles. The van der Waals surface area contributed by atoms with Crippen LogP contribution in [0, 0.1) is 22.0 Å². The van der Waals surface area contributed by atoms with Gasteiger partial charge in [0.25, 0.3) is 5.69 Å². The predicted octanol–water partition coefficient (Wildman–Crippen LogP) is 3.98. The molecule has 3 unspecified atom stereocenters. The fourth-order valence-electron chi connectivity index (χ4n) is 4.59. The number of rotatable bonds is 9. The number of amides is 2. The molecule has 0 fully saturated rings. The summed E-state index contributed by atoms with van der Waals surface area (Å²) >= 11 is 0. The molecule has 1 heterocycles. The molecule has 2 N–H and O–H groups in total. The Morgan fingerprint density at radius 2 is 1.62 bits per heavy atom. The number of non-ortho nitro benzene ring substituents is 1. The van der Waals surface area contributed by atoms with Gasteiger partial charge in [-0.3, -0.25) is 29.5 Å². The van der Waals surface area contributed by atoms with Gasteiger partial charge in [-0.25, -0.2) is 4.79 Å². The molecule has 12 nitrogen and oxygen atoms in total. The van der Waals surface area contributed by atoms with E-state index in [2.05, 4.69) is 15.6 Å². The molecule has 230 valence electrons. The first kappa shape index (κ1) is 34.1. The van der Waals surface area contributed by atoms with Crippen LogP contribution in [0.5, 0.6) is 0 Å². The molecule has 1 aromatic rings. The van der Waals surface area contributed by atoms with Gasteiger partial charge in [0.1, 0.15) is 23.8 Å². The highest BCUT2D eigenvalue weighted by molar-refractivity contribution is 6.10. The molecule has 0 bridgehead atoms. The second-order valence-electron chi connectivity index (χ2n) is 12.6. The van der Waals surface area contributed by atoms with Gasteiger partial charge in [-0.1, -0.05) is 26.0 Å². The van der Waals surface area contributed by atoms with Gasteiger partial charge in [0.2, 0.25) is 11.8 Å². The van der Waals surface area contributed by atoms with Crippen molar-refractivity contribution < 1.29 is 33.6 Å². The fourth-order valence-corrected chi connectivity index (χ4v) is 4.59. The Morgan fingerprint density at radius 3 is 2.14 bits per heavy atom. The molecule has 0 saturated carbocycles. The predicted molar refractivity (Wildman–Crippen MR) is 157 cm³/mol. The Bertz CT molecular complexity index is 1300. The van der Waals surface area contributed by atoms with Gasteiger partial charge >= 0.3 is 11.9 Å². The Balaban J connectivity index is 2.57. The summed E-state index contributed by atoms with van der Waals surface area (Å²) in [5.41, 5.74) is -0.779. The highest BCUT2D eigenvalue weighted by atomic mass is 16.6. The molecular weight excluding hydrogens is 544 g/mol. The molecule has 1 aromatic carbocycles. The highest BCUT2D eigenvalue weighted by Crippen LogP contribution is 2.40. The van der Waals surface area contributed by atoms with Crippen LogP contribution in [-0.4, -0.2) is 58.2 Å². The van der Waals surface area contributed by atoms with Crippen molar-refractivity contribution in [2.75, 3.05) is 6.54 Å². The third kappa shape index (κ3) is 9.22. The number of nitrogens with zero attached hydrogens (tertiary/aromatic N) is 2. The summed E-state index contributed by atoms with van der Waals surface area (Å²) in [7, 11) is 0. The number of nitrogens with one attached hydrogen (secondary N) is 2. The molecule has 1 aliphatic rings. The number of aliphatic imine (C=N–C) groups is 1. The molecule has 0 spiro atoms. The molecule has 1 aliphatic heterocycles. The molecule has 0 aromatic heterocycles. The second-order valence-corrected chi connectivity index (χ2v) is 12.6. The quantitative estimate of drug-likeness (QED) is 0.249. The Morgan fingerprint density at radius 1 is 1.02 bits per heavy atom. The molecule has 2 amide bonds. The summed E-state index contributed by atoms with van der Waals surface area (Å²) in [6, 6.07) is 4.63. The first-order valence-electron chi connectivity index (χ1n) is 13.8. The largest absolute Gasteiger partial charge is 0.459 e. The summed E-state index contributed by atoms with van der Waals surface area (Å²) in [5.74, 6) is -5.04. The summed E-state index contributed by atoms with van der Waals surface area (Å²) in [6.07, 6.45) is 0. The maximum absolute atomic E-state index is 13.9. The Kier molecular flexibility index (Phi) is 10.8. The van der Waals surface area contributed by atoms with E-state index in [0.29, 0.717) is 11.3 Å². The summed E-state index contributed by atoms with van der Waals surface area (Å²) in [4.78, 5) is 68.3. The number of hydrogen-bond acceptors (Lipinski definition) is 9. The minimum Gasteiger partial charge on any atom is -0.459 e. The average molecular weight is 587 g/mol. The lowest BCUT2D eigenvalue weighted by Crippen LogP contribution is -2.50. The van der Waals surface area contributed by atoms with E-state index in [1.165, 1.54) is 18.2 Å². The number of benzene rings is 1. The minimum absolute atomic E-state index is 0.0627. The normalized spacial score (nSPS) is 18.1. The van der Waals surface area contributed by atoms with E-state index in [1.54, 1.807) is 75.3 Å². The zero-order valence-electron chi connectivity index (χ0n) is 26.0.